The maximum atomic E-state index is 11.4. The summed E-state index contributed by atoms with van der Waals surface area (Å²) in [6, 6.07) is 0. The molecule has 6 fully saturated rings. The van der Waals surface area contributed by atoms with Gasteiger partial charge in [-0.25, -0.2) is 0 Å². The van der Waals surface area contributed by atoms with Crippen molar-refractivity contribution in [3.05, 3.63) is 11.6 Å². The predicted octanol–water partition coefficient (Wildman–Crippen LogP) is 5.86. The average Bonchev–Trinajstić information content (AvgIpc) is 3.40. The van der Waals surface area contributed by atoms with E-state index in [9.17, 15) is 40.9 Å². The summed E-state index contributed by atoms with van der Waals surface area (Å²) in [7, 11) is 0. The Morgan fingerprint density at radius 3 is 2.09 bits per heavy atom. The minimum atomic E-state index is -1.23. The van der Waals surface area contributed by atoms with E-state index in [0.29, 0.717) is 49.0 Å². The third kappa shape index (κ3) is 12.7. The molecular weight excluding hydrogens is 861 g/mol. The number of fused-ring (bicyclic) bond motifs is 2. The van der Waals surface area contributed by atoms with Crippen LogP contribution >= 0.6 is 0 Å². The van der Waals surface area contributed by atoms with Gasteiger partial charge in [0.25, 0.3) is 0 Å². The highest BCUT2D eigenvalue weighted by molar-refractivity contribution is 5.21. The molecule has 3 aliphatic heterocycles. The van der Waals surface area contributed by atoms with Gasteiger partial charge in [-0.2, -0.15) is 0 Å². The van der Waals surface area contributed by atoms with Crippen LogP contribution in [0.25, 0.3) is 0 Å². The summed E-state index contributed by atoms with van der Waals surface area (Å²) in [6.45, 7) is 20.6. The molecule has 390 valence electrons. The molecule has 6 rings (SSSR count). The van der Waals surface area contributed by atoms with E-state index in [1.165, 1.54) is 44.1 Å². The third-order valence-electron chi connectivity index (χ3n) is 18.5. The monoisotopic (exact) mass is 955 g/mol. The van der Waals surface area contributed by atoms with Crippen molar-refractivity contribution >= 4 is 0 Å². The van der Waals surface area contributed by atoms with Crippen LogP contribution in [0.4, 0.5) is 0 Å². The van der Waals surface area contributed by atoms with E-state index >= 15 is 0 Å². The van der Waals surface area contributed by atoms with Crippen molar-refractivity contribution in [3.8, 4) is 0 Å². The predicted molar refractivity (Wildman–Crippen MR) is 253 cm³/mol. The van der Waals surface area contributed by atoms with E-state index in [4.69, 9.17) is 28.4 Å². The van der Waals surface area contributed by atoms with E-state index in [1.54, 1.807) is 27.7 Å². The summed E-state index contributed by atoms with van der Waals surface area (Å²) >= 11 is 0. The van der Waals surface area contributed by atoms with Crippen LogP contribution in [-0.4, -0.2) is 147 Å². The van der Waals surface area contributed by atoms with Gasteiger partial charge in [-0.3, -0.25) is 0 Å². The molecule has 3 aliphatic carbocycles. The third-order valence-corrected chi connectivity index (χ3v) is 18.5. The van der Waals surface area contributed by atoms with Crippen LogP contribution < -0.4 is 0 Å². The number of rotatable bonds is 18. The summed E-state index contributed by atoms with van der Waals surface area (Å²) in [5.74, 6) is 1.84. The lowest BCUT2D eigenvalue weighted by Gasteiger charge is -2.48. The number of allylic oxidation sites excluding steroid dienone is 2. The zero-order valence-electron chi connectivity index (χ0n) is 42.7. The molecule has 6 aliphatic rings. The Morgan fingerprint density at radius 2 is 1.42 bits per heavy atom. The maximum absolute atomic E-state index is 11.4. The molecule has 0 aromatic rings. The Kier molecular flexibility index (Phi) is 19.4. The summed E-state index contributed by atoms with van der Waals surface area (Å²) in [4.78, 5) is 0. The fourth-order valence-corrected chi connectivity index (χ4v) is 13.5. The fourth-order valence-electron chi connectivity index (χ4n) is 13.5. The summed E-state index contributed by atoms with van der Waals surface area (Å²) < 4.78 is 36.8. The molecule has 67 heavy (non-hydrogen) atoms. The van der Waals surface area contributed by atoms with Crippen LogP contribution in [-0.2, 0) is 28.4 Å². The second-order valence-electron chi connectivity index (χ2n) is 23.9. The summed E-state index contributed by atoms with van der Waals surface area (Å²) in [5, 5.41) is 84.6. The van der Waals surface area contributed by atoms with Gasteiger partial charge in [0.15, 0.2) is 18.9 Å². The molecule has 3 heterocycles. The number of hydrogen-bond acceptors (Lipinski definition) is 14. The van der Waals surface area contributed by atoms with E-state index in [-0.39, 0.29) is 42.5 Å². The van der Waals surface area contributed by atoms with E-state index in [2.05, 4.69) is 40.7 Å². The SMILES string of the molecule is CCC1CC[C@H](CO[C@@H]2O[C@H](CO)[C@@H](O)[C@H](C)[C@H]2O)C(C)(C)/C1=C/CC1CCC[C@@H]2CC1(C)CCC2[C@H](C)CC[C@@H](O[C@@H]1O[C@H](CO[C@@H]2O[C@H](CO)[C@@H](O)C[C@H]2C)C(O)[C@H](O)[C@H]1C)C(C)(C)O. The fraction of sp³-hybridized carbons (Fsp3) is 0.962. The molecule has 8 N–H and O–H groups in total. The molecule has 0 aromatic carbocycles. The molecule has 14 nitrogen and oxygen atoms in total. The van der Waals surface area contributed by atoms with Crippen molar-refractivity contribution in [2.24, 2.45) is 64.1 Å². The van der Waals surface area contributed by atoms with Gasteiger partial charge in [-0.15, -0.1) is 0 Å². The Hall–Kier alpha value is -0.820. The molecule has 0 spiro atoms. The molecule has 3 saturated carbocycles. The lowest BCUT2D eigenvalue weighted by Crippen LogP contribution is -2.58. The van der Waals surface area contributed by atoms with E-state index < -0.39 is 91.2 Å². The number of aliphatic hydroxyl groups is 8. The number of ether oxygens (including phenoxy) is 6. The maximum Gasteiger partial charge on any atom is 0.184 e. The van der Waals surface area contributed by atoms with Crippen molar-refractivity contribution in [3.63, 3.8) is 0 Å². The highest BCUT2D eigenvalue weighted by atomic mass is 16.7. The first-order chi connectivity index (χ1) is 31.5. The minimum absolute atomic E-state index is 0.0880. The van der Waals surface area contributed by atoms with Gasteiger partial charge in [0.05, 0.1) is 56.4 Å². The number of hydrogen-bond donors (Lipinski definition) is 8. The summed E-state index contributed by atoms with van der Waals surface area (Å²) in [6.07, 6.45) is 5.52. The Labute approximate surface area is 402 Å². The quantitative estimate of drug-likeness (QED) is 0.0757. The van der Waals surface area contributed by atoms with Gasteiger partial charge in [0.2, 0.25) is 0 Å². The van der Waals surface area contributed by atoms with Crippen LogP contribution in [0, 0.1) is 64.1 Å². The van der Waals surface area contributed by atoms with Crippen LogP contribution in [0.3, 0.4) is 0 Å². The lowest BCUT2D eigenvalue weighted by molar-refractivity contribution is -0.321. The van der Waals surface area contributed by atoms with Gasteiger partial charge in [0, 0.05) is 17.8 Å². The first kappa shape index (κ1) is 55.5. The van der Waals surface area contributed by atoms with Gasteiger partial charge in [-0.05, 0) is 131 Å². The van der Waals surface area contributed by atoms with E-state index in [0.717, 1.165) is 32.1 Å². The normalized spacial score (nSPS) is 45.6. The molecular formula is C53H94O14. The Bertz CT molecular complexity index is 1550. The molecule has 3 saturated heterocycles. The smallest absolute Gasteiger partial charge is 0.184 e. The lowest BCUT2D eigenvalue weighted by atomic mass is 9.58. The van der Waals surface area contributed by atoms with Crippen molar-refractivity contribution in [2.45, 2.75) is 232 Å². The van der Waals surface area contributed by atoms with Gasteiger partial charge in [-0.1, -0.05) is 79.9 Å². The Morgan fingerprint density at radius 1 is 0.746 bits per heavy atom. The Balaban J connectivity index is 1.04. The second kappa shape index (κ2) is 23.4. The van der Waals surface area contributed by atoms with Crippen molar-refractivity contribution in [1.82, 2.24) is 0 Å². The van der Waals surface area contributed by atoms with Gasteiger partial charge in [0.1, 0.15) is 30.5 Å². The highest BCUT2D eigenvalue weighted by Crippen LogP contribution is 2.56. The average molecular weight is 955 g/mol. The zero-order chi connectivity index (χ0) is 49.2. The van der Waals surface area contributed by atoms with Crippen LogP contribution in [0.1, 0.15) is 153 Å². The van der Waals surface area contributed by atoms with Crippen LogP contribution in [0.2, 0.25) is 0 Å². The van der Waals surface area contributed by atoms with E-state index in [1.807, 2.05) is 6.92 Å². The zero-order valence-corrected chi connectivity index (χ0v) is 42.7. The van der Waals surface area contributed by atoms with Gasteiger partial charge < -0.3 is 69.3 Å². The van der Waals surface area contributed by atoms with Crippen molar-refractivity contribution in [1.29, 1.82) is 0 Å². The first-order valence-electron chi connectivity index (χ1n) is 26.4. The molecule has 22 atom stereocenters. The van der Waals surface area contributed by atoms with Crippen molar-refractivity contribution < 1.29 is 69.3 Å². The topological polar surface area (TPSA) is 217 Å². The van der Waals surface area contributed by atoms with Crippen molar-refractivity contribution in [2.75, 3.05) is 26.4 Å². The molecule has 5 unspecified atom stereocenters. The standard InChI is InChI=1S/C53H94O14/c1-11-33-16-17-36(27-62-50-46(59)31(4)44(57)41(26-55)65-50)51(6,7)38(33)19-18-35-14-12-13-34-24-53(35,10)22-21-37(34)29(2)15-20-43(52(8,9)61)67-49-32(5)45(58)47(60)42(66-49)28-63-48-30(3)23-39(56)40(25-54)64-48/h19,29-37,39-50,54-61H,11-18,20-28H2,1-10H3/b38-19+/t29-,30-,31+,32-,33?,34-,35?,36-,37?,39+,40-,41-,42-,43-,44+,45-,46-,47?,48-,49+,50-,53?/m1/s1. The van der Waals surface area contributed by atoms with Crippen LogP contribution in [0.15, 0.2) is 11.6 Å². The molecule has 0 radical (unpaired) electrons. The van der Waals surface area contributed by atoms with Crippen LogP contribution in [0.5, 0.6) is 0 Å². The minimum Gasteiger partial charge on any atom is -0.394 e. The highest BCUT2D eigenvalue weighted by Gasteiger charge is 2.49. The second-order valence-corrected chi connectivity index (χ2v) is 23.9. The molecule has 0 amide bonds. The first-order valence-corrected chi connectivity index (χ1v) is 26.4. The summed E-state index contributed by atoms with van der Waals surface area (Å²) in [5.41, 5.74) is 0.521. The van der Waals surface area contributed by atoms with Gasteiger partial charge >= 0.3 is 0 Å². The molecule has 2 bridgehead atoms. The molecule has 0 aromatic heterocycles. The largest absolute Gasteiger partial charge is 0.394 e. The molecule has 14 heteroatoms. The number of aliphatic hydroxyl groups excluding tert-OH is 7.